The van der Waals surface area contributed by atoms with Crippen LogP contribution < -0.4 is 11.3 Å². The molecule has 0 aliphatic rings. The van der Waals surface area contributed by atoms with Gasteiger partial charge in [0.15, 0.2) is 4.34 Å². The second-order valence-corrected chi connectivity index (χ2v) is 5.13. The van der Waals surface area contributed by atoms with E-state index in [1.54, 1.807) is 6.92 Å². The van der Waals surface area contributed by atoms with Crippen LogP contribution in [-0.4, -0.2) is 21.4 Å². The summed E-state index contributed by atoms with van der Waals surface area (Å²) >= 11 is 2.81. The first-order valence-corrected chi connectivity index (χ1v) is 5.30. The van der Waals surface area contributed by atoms with Gasteiger partial charge in [-0.1, -0.05) is 23.1 Å². The predicted octanol–water partition coefficient (Wildman–Crippen LogP) is 0.317. The third-order valence-corrected chi connectivity index (χ3v) is 3.32. The third kappa shape index (κ3) is 2.94. The smallest absolute Gasteiger partial charge is 0.247 e. The number of aryl methyl sites for hydroxylation is 1. The minimum absolute atomic E-state index is 0.210. The maximum atomic E-state index is 11.0. The fourth-order valence-electron chi connectivity index (χ4n) is 0.648. The van der Waals surface area contributed by atoms with Gasteiger partial charge in [-0.25, -0.2) is 5.84 Å². The highest BCUT2D eigenvalue weighted by Gasteiger charge is 2.14. The molecule has 0 bridgehead atoms. The van der Waals surface area contributed by atoms with Crippen LogP contribution in [0.5, 0.6) is 0 Å². The van der Waals surface area contributed by atoms with Gasteiger partial charge >= 0.3 is 0 Å². The molecule has 1 atom stereocenters. The van der Waals surface area contributed by atoms with E-state index in [2.05, 4.69) is 15.6 Å². The highest BCUT2D eigenvalue weighted by Crippen LogP contribution is 2.25. The molecule has 0 radical (unpaired) electrons. The largest absolute Gasteiger partial charge is 0.293 e. The molecule has 1 rings (SSSR count). The molecular weight excluding hydrogens is 208 g/mol. The van der Waals surface area contributed by atoms with Crippen LogP contribution in [0, 0.1) is 6.92 Å². The van der Waals surface area contributed by atoms with Gasteiger partial charge in [0, 0.05) is 0 Å². The van der Waals surface area contributed by atoms with Crippen molar-refractivity contribution in [3.63, 3.8) is 0 Å². The molecule has 0 aromatic carbocycles. The summed E-state index contributed by atoms with van der Waals surface area (Å²) in [5.74, 6) is 4.78. The predicted molar refractivity (Wildman–Crippen MR) is 52.3 cm³/mol. The van der Waals surface area contributed by atoms with Crippen molar-refractivity contribution < 1.29 is 4.79 Å². The maximum Gasteiger partial charge on any atom is 0.247 e. The van der Waals surface area contributed by atoms with Gasteiger partial charge in [0.1, 0.15) is 5.01 Å². The summed E-state index contributed by atoms with van der Waals surface area (Å²) in [6.45, 7) is 3.64. The Hall–Kier alpha value is -0.660. The van der Waals surface area contributed by atoms with E-state index in [0.717, 1.165) is 9.35 Å². The molecule has 0 aliphatic carbocycles. The molecule has 1 aromatic heterocycles. The van der Waals surface area contributed by atoms with E-state index in [1.807, 2.05) is 6.92 Å². The molecule has 0 saturated heterocycles. The van der Waals surface area contributed by atoms with Crippen LogP contribution in [0.1, 0.15) is 11.9 Å². The van der Waals surface area contributed by atoms with Crippen molar-refractivity contribution in [3.05, 3.63) is 5.01 Å². The van der Waals surface area contributed by atoms with E-state index in [4.69, 9.17) is 5.84 Å². The molecular formula is C6H10N4OS2. The van der Waals surface area contributed by atoms with Crippen LogP contribution in [0.3, 0.4) is 0 Å². The first-order valence-electron chi connectivity index (χ1n) is 3.60. The lowest BCUT2D eigenvalue weighted by Gasteiger charge is -2.05. The number of hydrogen-bond acceptors (Lipinski definition) is 6. The molecule has 13 heavy (non-hydrogen) atoms. The molecule has 72 valence electrons. The third-order valence-electron chi connectivity index (χ3n) is 1.30. The van der Waals surface area contributed by atoms with Crippen molar-refractivity contribution in [2.45, 2.75) is 23.4 Å². The van der Waals surface area contributed by atoms with Crippen molar-refractivity contribution >= 4 is 29.0 Å². The van der Waals surface area contributed by atoms with Crippen molar-refractivity contribution in [3.8, 4) is 0 Å². The number of nitrogens with zero attached hydrogens (tertiary/aromatic N) is 2. The molecule has 1 heterocycles. The minimum atomic E-state index is -0.239. The monoisotopic (exact) mass is 218 g/mol. The highest BCUT2D eigenvalue weighted by atomic mass is 32.2. The zero-order valence-electron chi connectivity index (χ0n) is 7.27. The van der Waals surface area contributed by atoms with Crippen LogP contribution in [0.2, 0.25) is 0 Å². The Balaban J connectivity index is 2.54. The fraction of sp³-hybridized carbons (Fsp3) is 0.500. The topological polar surface area (TPSA) is 80.9 Å². The minimum Gasteiger partial charge on any atom is -0.293 e. The Morgan fingerprint density at radius 2 is 2.38 bits per heavy atom. The van der Waals surface area contributed by atoms with Crippen LogP contribution in [0.15, 0.2) is 4.34 Å². The van der Waals surface area contributed by atoms with Gasteiger partial charge in [0.2, 0.25) is 5.91 Å². The average Bonchev–Trinajstić information content (AvgIpc) is 2.49. The van der Waals surface area contributed by atoms with Gasteiger partial charge in [0.05, 0.1) is 5.25 Å². The van der Waals surface area contributed by atoms with E-state index in [1.165, 1.54) is 23.1 Å². The van der Waals surface area contributed by atoms with Crippen molar-refractivity contribution in [1.82, 2.24) is 15.6 Å². The van der Waals surface area contributed by atoms with E-state index >= 15 is 0 Å². The van der Waals surface area contributed by atoms with Gasteiger partial charge in [0.25, 0.3) is 0 Å². The zero-order chi connectivity index (χ0) is 9.84. The van der Waals surface area contributed by atoms with Gasteiger partial charge in [-0.3, -0.25) is 10.2 Å². The Kier molecular flexibility index (Phi) is 3.64. The van der Waals surface area contributed by atoms with E-state index in [9.17, 15) is 4.79 Å². The second-order valence-electron chi connectivity index (χ2n) is 2.36. The lowest BCUT2D eigenvalue weighted by molar-refractivity contribution is -0.120. The summed E-state index contributed by atoms with van der Waals surface area (Å²) in [7, 11) is 0. The summed E-state index contributed by atoms with van der Waals surface area (Å²) in [5.41, 5.74) is 2.09. The Morgan fingerprint density at radius 3 is 2.85 bits per heavy atom. The summed E-state index contributed by atoms with van der Waals surface area (Å²) in [4.78, 5) is 11.0. The number of nitrogens with two attached hydrogens (primary N) is 1. The average molecular weight is 218 g/mol. The number of amides is 1. The maximum absolute atomic E-state index is 11.0. The van der Waals surface area contributed by atoms with Crippen LogP contribution in [0.25, 0.3) is 0 Å². The number of carbonyl (C=O) groups excluding carboxylic acids is 1. The molecule has 0 aliphatic heterocycles. The first kappa shape index (κ1) is 10.4. The Labute approximate surface area is 84.1 Å². The zero-order valence-corrected chi connectivity index (χ0v) is 8.91. The van der Waals surface area contributed by atoms with Crippen molar-refractivity contribution in [2.24, 2.45) is 5.84 Å². The molecule has 1 aromatic rings. The summed E-state index contributed by atoms with van der Waals surface area (Å²) < 4.78 is 0.786. The van der Waals surface area contributed by atoms with Gasteiger partial charge < -0.3 is 0 Å². The Bertz CT molecular complexity index is 301. The summed E-state index contributed by atoms with van der Waals surface area (Å²) in [6, 6.07) is 0. The van der Waals surface area contributed by atoms with Gasteiger partial charge in [-0.05, 0) is 13.8 Å². The number of nitrogens with one attached hydrogen (secondary N) is 1. The molecule has 3 N–H and O–H groups in total. The van der Waals surface area contributed by atoms with E-state index in [0.29, 0.717) is 0 Å². The lowest BCUT2D eigenvalue weighted by Crippen LogP contribution is -2.36. The molecule has 1 amide bonds. The number of rotatable bonds is 3. The highest BCUT2D eigenvalue weighted by molar-refractivity contribution is 8.02. The number of carbonyl (C=O) groups is 1. The summed E-state index contributed by atoms with van der Waals surface area (Å²) in [6.07, 6.45) is 0. The Morgan fingerprint density at radius 1 is 1.69 bits per heavy atom. The number of hydrogen-bond donors (Lipinski definition) is 2. The molecule has 0 saturated carbocycles. The molecule has 7 heteroatoms. The van der Waals surface area contributed by atoms with Crippen LogP contribution in [0.4, 0.5) is 0 Å². The number of thioether (sulfide) groups is 1. The van der Waals surface area contributed by atoms with Crippen molar-refractivity contribution in [2.75, 3.05) is 0 Å². The SMILES string of the molecule is Cc1nnc(SC(C)C(=O)NN)s1. The quantitative estimate of drug-likeness (QED) is 0.330. The second kappa shape index (κ2) is 4.54. The van der Waals surface area contributed by atoms with E-state index < -0.39 is 0 Å². The van der Waals surface area contributed by atoms with E-state index in [-0.39, 0.29) is 11.2 Å². The van der Waals surface area contributed by atoms with Crippen molar-refractivity contribution in [1.29, 1.82) is 0 Å². The molecule has 1 unspecified atom stereocenters. The number of hydrazine groups is 1. The summed E-state index contributed by atoms with van der Waals surface area (Å²) in [5, 5.41) is 8.38. The normalized spacial score (nSPS) is 12.5. The molecule has 5 nitrogen and oxygen atoms in total. The standard InChI is InChI=1S/C6H10N4OS2/c1-3(5(11)8-7)12-6-10-9-4(2)13-6/h3H,7H2,1-2H3,(H,8,11). The van der Waals surface area contributed by atoms with Gasteiger partial charge in [-0.2, -0.15) is 0 Å². The van der Waals surface area contributed by atoms with Gasteiger partial charge in [-0.15, -0.1) is 10.2 Å². The fourth-order valence-corrected chi connectivity index (χ4v) is 2.62. The first-order chi connectivity index (χ1) is 6.13. The number of aromatic nitrogens is 2. The molecule has 0 fully saturated rings. The lowest BCUT2D eigenvalue weighted by atomic mass is 10.5. The van der Waals surface area contributed by atoms with Crippen LogP contribution >= 0.6 is 23.1 Å². The molecule has 0 spiro atoms. The van der Waals surface area contributed by atoms with Crippen LogP contribution in [-0.2, 0) is 4.79 Å².